The van der Waals surface area contributed by atoms with E-state index in [-0.39, 0.29) is 18.5 Å². The summed E-state index contributed by atoms with van der Waals surface area (Å²) in [6, 6.07) is 3.34. The van der Waals surface area contributed by atoms with Gasteiger partial charge in [0.15, 0.2) is 0 Å². The molecule has 0 aliphatic carbocycles. The van der Waals surface area contributed by atoms with Crippen molar-refractivity contribution >= 4 is 46.4 Å². The summed E-state index contributed by atoms with van der Waals surface area (Å²) in [6.45, 7) is 3.88. The van der Waals surface area contributed by atoms with E-state index in [0.29, 0.717) is 33.2 Å². The minimum atomic E-state index is -0.154. The molecule has 22 heavy (non-hydrogen) atoms. The summed E-state index contributed by atoms with van der Waals surface area (Å²) >= 11 is 18.0. The highest BCUT2D eigenvalue weighted by Crippen LogP contribution is 2.33. The number of nitrogens with two attached hydrogens (primary N) is 1. The summed E-state index contributed by atoms with van der Waals surface area (Å²) in [5.74, 6) is 0.341. The van der Waals surface area contributed by atoms with Gasteiger partial charge in [0.05, 0.1) is 22.3 Å². The normalized spacial score (nSPS) is 22.6. The third-order valence-corrected chi connectivity index (χ3v) is 4.90. The van der Waals surface area contributed by atoms with E-state index in [2.05, 4.69) is 17.1 Å². The van der Waals surface area contributed by atoms with Crippen molar-refractivity contribution < 1.29 is 4.79 Å². The van der Waals surface area contributed by atoms with Crippen LogP contribution in [0.15, 0.2) is 12.1 Å². The van der Waals surface area contributed by atoms with Gasteiger partial charge in [-0.05, 0) is 37.4 Å². The molecule has 0 aromatic heterocycles. The van der Waals surface area contributed by atoms with Gasteiger partial charge in [-0.25, -0.2) is 0 Å². The zero-order valence-electron chi connectivity index (χ0n) is 12.4. The SMILES string of the molecule is CC1CCCN(CC(=O)Nc2c(Cl)cc(Cl)cc2Cl)C1CN. The van der Waals surface area contributed by atoms with Gasteiger partial charge in [0.25, 0.3) is 0 Å². The van der Waals surface area contributed by atoms with Gasteiger partial charge in [-0.1, -0.05) is 41.7 Å². The Hall–Kier alpha value is -0.520. The Morgan fingerprint density at radius 3 is 2.59 bits per heavy atom. The van der Waals surface area contributed by atoms with Crippen LogP contribution in [0.4, 0.5) is 5.69 Å². The van der Waals surface area contributed by atoms with Crippen LogP contribution < -0.4 is 11.1 Å². The van der Waals surface area contributed by atoms with Crippen LogP contribution in [-0.4, -0.2) is 36.5 Å². The van der Waals surface area contributed by atoms with E-state index in [9.17, 15) is 4.79 Å². The summed E-state index contributed by atoms with van der Waals surface area (Å²) < 4.78 is 0. The smallest absolute Gasteiger partial charge is 0.238 e. The molecule has 7 heteroatoms. The lowest BCUT2D eigenvalue weighted by Crippen LogP contribution is -2.51. The van der Waals surface area contributed by atoms with Gasteiger partial charge in [0.2, 0.25) is 5.91 Å². The number of benzene rings is 1. The second-order valence-corrected chi connectivity index (χ2v) is 6.94. The molecule has 0 spiro atoms. The molecule has 1 fully saturated rings. The van der Waals surface area contributed by atoms with Gasteiger partial charge in [0.1, 0.15) is 0 Å². The first kappa shape index (κ1) is 17.8. The van der Waals surface area contributed by atoms with Gasteiger partial charge in [-0.15, -0.1) is 0 Å². The molecule has 1 aliphatic heterocycles. The molecule has 1 aromatic rings. The summed E-state index contributed by atoms with van der Waals surface area (Å²) in [5.41, 5.74) is 6.24. The number of nitrogens with zero attached hydrogens (tertiary/aromatic N) is 1. The van der Waals surface area contributed by atoms with Crippen LogP contribution in [0.3, 0.4) is 0 Å². The number of hydrogen-bond donors (Lipinski definition) is 2. The highest BCUT2D eigenvalue weighted by atomic mass is 35.5. The van der Waals surface area contributed by atoms with E-state index >= 15 is 0 Å². The van der Waals surface area contributed by atoms with Crippen LogP contribution in [0.2, 0.25) is 15.1 Å². The van der Waals surface area contributed by atoms with Crippen molar-refractivity contribution in [1.82, 2.24) is 4.90 Å². The van der Waals surface area contributed by atoms with E-state index < -0.39 is 0 Å². The topological polar surface area (TPSA) is 58.4 Å². The number of halogens is 3. The number of amides is 1. The number of nitrogens with one attached hydrogen (secondary N) is 1. The van der Waals surface area contributed by atoms with Crippen molar-refractivity contribution in [1.29, 1.82) is 0 Å². The maximum Gasteiger partial charge on any atom is 0.238 e. The van der Waals surface area contributed by atoms with Crippen LogP contribution in [0, 0.1) is 5.92 Å². The van der Waals surface area contributed by atoms with Crippen LogP contribution >= 0.6 is 34.8 Å². The lowest BCUT2D eigenvalue weighted by molar-refractivity contribution is -0.118. The number of piperidine rings is 1. The number of hydrogen-bond acceptors (Lipinski definition) is 3. The Morgan fingerprint density at radius 2 is 2.00 bits per heavy atom. The monoisotopic (exact) mass is 363 g/mol. The standard InChI is InChI=1S/C15H20Cl3N3O/c1-9-3-2-4-21(13(9)7-19)8-14(22)20-15-11(17)5-10(16)6-12(15)18/h5-6,9,13H,2-4,7-8,19H2,1H3,(H,20,22). The lowest BCUT2D eigenvalue weighted by atomic mass is 9.91. The first-order valence-electron chi connectivity index (χ1n) is 7.31. The predicted octanol–water partition coefficient (Wildman–Crippen LogP) is 3.64. The number of rotatable bonds is 4. The maximum atomic E-state index is 12.3. The zero-order chi connectivity index (χ0) is 16.3. The van der Waals surface area contributed by atoms with Gasteiger partial charge >= 0.3 is 0 Å². The van der Waals surface area contributed by atoms with Crippen molar-refractivity contribution in [3.63, 3.8) is 0 Å². The molecule has 2 rings (SSSR count). The van der Waals surface area contributed by atoms with E-state index in [1.807, 2.05) is 0 Å². The van der Waals surface area contributed by atoms with Crippen molar-refractivity contribution in [2.24, 2.45) is 11.7 Å². The van der Waals surface area contributed by atoms with Gasteiger partial charge in [0, 0.05) is 17.6 Å². The Bertz CT molecular complexity index is 530. The third-order valence-electron chi connectivity index (χ3n) is 4.09. The van der Waals surface area contributed by atoms with Crippen molar-refractivity contribution in [3.8, 4) is 0 Å². The predicted molar refractivity (Wildman–Crippen MR) is 92.9 cm³/mol. The number of anilines is 1. The third kappa shape index (κ3) is 4.27. The fourth-order valence-electron chi connectivity index (χ4n) is 2.94. The fourth-order valence-corrected chi connectivity index (χ4v) is 3.85. The Balaban J connectivity index is 2.04. The largest absolute Gasteiger partial charge is 0.329 e. The fraction of sp³-hybridized carbons (Fsp3) is 0.533. The average Bonchev–Trinajstić information content (AvgIpc) is 2.43. The Morgan fingerprint density at radius 1 is 1.36 bits per heavy atom. The van der Waals surface area contributed by atoms with Crippen LogP contribution in [0.25, 0.3) is 0 Å². The summed E-state index contributed by atoms with van der Waals surface area (Å²) in [6.07, 6.45) is 2.22. The highest BCUT2D eigenvalue weighted by molar-refractivity contribution is 6.42. The minimum Gasteiger partial charge on any atom is -0.329 e. The number of carbonyl (C=O) groups is 1. The zero-order valence-corrected chi connectivity index (χ0v) is 14.7. The number of likely N-dealkylation sites (tertiary alicyclic amines) is 1. The molecule has 1 aromatic carbocycles. The molecule has 1 aliphatic rings. The molecule has 1 heterocycles. The lowest BCUT2D eigenvalue weighted by Gasteiger charge is -2.38. The summed E-state index contributed by atoms with van der Waals surface area (Å²) in [7, 11) is 0. The summed E-state index contributed by atoms with van der Waals surface area (Å²) in [4.78, 5) is 14.4. The van der Waals surface area contributed by atoms with Gasteiger partial charge in [-0.2, -0.15) is 0 Å². The molecule has 0 bridgehead atoms. The van der Waals surface area contributed by atoms with Crippen molar-refractivity contribution in [2.75, 3.05) is 25.0 Å². The molecule has 0 saturated carbocycles. The van der Waals surface area contributed by atoms with Crippen molar-refractivity contribution in [2.45, 2.75) is 25.8 Å². The van der Waals surface area contributed by atoms with Crippen LogP contribution in [0.1, 0.15) is 19.8 Å². The van der Waals surface area contributed by atoms with E-state index in [4.69, 9.17) is 40.5 Å². The second-order valence-electron chi connectivity index (χ2n) is 5.69. The maximum absolute atomic E-state index is 12.3. The molecule has 1 saturated heterocycles. The van der Waals surface area contributed by atoms with Crippen molar-refractivity contribution in [3.05, 3.63) is 27.2 Å². The van der Waals surface area contributed by atoms with E-state index in [0.717, 1.165) is 19.4 Å². The molecule has 0 radical (unpaired) electrons. The molecule has 1 amide bonds. The van der Waals surface area contributed by atoms with E-state index in [1.54, 1.807) is 12.1 Å². The minimum absolute atomic E-state index is 0.154. The molecule has 2 unspecified atom stereocenters. The van der Waals surface area contributed by atoms with Gasteiger partial charge in [-0.3, -0.25) is 9.69 Å². The molecule has 122 valence electrons. The molecular formula is C15H20Cl3N3O. The molecule has 4 nitrogen and oxygen atoms in total. The quantitative estimate of drug-likeness (QED) is 0.857. The van der Waals surface area contributed by atoms with E-state index in [1.165, 1.54) is 0 Å². The van der Waals surface area contributed by atoms with Crippen LogP contribution in [-0.2, 0) is 4.79 Å². The molecular weight excluding hydrogens is 345 g/mol. The number of carbonyl (C=O) groups excluding carboxylic acids is 1. The Labute approximate surface area is 145 Å². The molecule has 2 atom stereocenters. The molecule has 3 N–H and O–H groups in total. The Kier molecular flexibility index (Phi) is 6.36. The first-order chi connectivity index (χ1) is 10.4. The highest BCUT2D eigenvalue weighted by Gasteiger charge is 2.28. The van der Waals surface area contributed by atoms with Crippen LogP contribution in [0.5, 0.6) is 0 Å². The van der Waals surface area contributed by atoms with Gasteiger partial charge < -0.3 is 11.1 Å². The summed E-state index contributed by atoms with van der Waals surface area (Å²) in [5, 5.41) is 3.85. The second kappa shape index (κ2) is 7.84. The average molecular weight is 365 g/mol. The first-order valence-corrected chi connectivity index (χ1v) is 8.44.